The van der Waals surface area contributed by atoms with Gasteiger partial charge in [-0.1, -0.05) is 11.6 Å². The molecule has 0 unspecified atom stereocenters. The maximum absolute atomic E-state index is 14.0. The van der Waals surface area contributed by atoms with E-state index in [-0.39, 0.29) is 22.1 Å². The van der Waals surface area contributed by atoms with Crippen molar-refractivity contribution in [1.29, 1.82) is 0 Å². The molecule has 1 aliphatic carbocycles. The predicted molar refractivity (Wildman–Crippen MR) is 95.5 cm³/mol. The number of piperidine rings is 1. The zero-order chi connectivity index (χ0) is 18.5. The van der Waals surface area contributed by atoms with Crippen molar-refractivity contribution in [2.45, 2.75) is 38.6 Å². The summed E-state index contributed by atoms with van der Waals surface area (Å²) in [6.45, 7) is 3.17. The Morgan fingerprint density at radius 2 is 2.04 bits per heavy atom. The Morgan fingerprint density at radius 3 is 2.69 bits per heavy atom. The van der Waals surface area contributed by atoms with Crippen molar-refractivity contribution in [2.24, 2.45) is 5.41 Å². The van der Waals surface area contributed by atoms with Crippen molar-refractivity contribution < 1.29 is 14.0 Å². The van der Waals surface area contributed by atoms with Gasteiger partial charge in [0.25, 0.3) is 5.91 Å². The van der Waals surface area contributed by atoms with Gasteiger partial charge in [-0.2, -0.15) is 0 Å². The minimum Gasteiger partial charge on any atom is -0.349 e. The zero-order valence-electron chi connectivity index (χ0n) is 14.4. The minimum atomic E-state index is -0.675. The third kappa shape index (κ3) is 3.05. The van der Waals surface area contributed by atoms with Crippen LogP contribution >= 0.6 is 11.6 Å². The number of pyridine rings is 1. The fourth-order valence-electron chi connectivity index (χ4n) is 3.65. The lowest BCUT2D eigenvalue weighted by molar-refractivity contribution is -0.134. The second-order valence-electron chi connectivity index (χ2n) is 7.39. The van der Waals surface area contributed by atoms with Crippen LogP contribution in [0.2, 0.25) is 5.15 Å². The van der Waals surface area contributed by atoms with Crippen molar-refractivity contribution in [3.63, 3.8) is 0 Å². The zero-order valence-corrected chi connectivity index (χ0v) is 15.2. The van der Waals surface area contributed by atoms with Crippen molar-refractivity contribution >= 4 is 34.3 Å². The standard InChI is InChI=1S/C18H20ClFN4O2/c1-10(17(26)24-6-4-18(2-3-18)5-7-24)22-16(25)12-8-11-13(23-12)9-21-15(19)14(11)20/h8-10,23H,2-7H2,1H3,(H,22,25)/t10-/m0/s1. The highest BCUT2D eigenvalue weighted by molar-refractivity contribution is 6.30. The van der Waals surface area contributed by atoms with Gasteiger partial charge in [0, 0.05) is 18.5 Å². The van der Waals surface area contributed by atoms with Gasteiger partial charge >= 0.3 is 0 Å². The van der Waals surface area contributed by atoms with Gasteiger partial charge in [-0.05, 0) is 44.1 Å². The summed E-state index contributed by atoms with van der Waals surface area (Å²) >= 11 is 5.66. The maximum Gasteiger partial charge on any atom is 0.268 e. The summed E-state index contributed by atoms with van der Waals surface area (Å²) in [4.78, 5) is 33.4. The fourth-order valence-corrected chi connectivity index (χ4v) is 3.80. The summed E-state index contributed by atoms with van der Waals surface area (Å²) in [6, 6.07) is 0.733. The monoisotopic (exact) mass is 378 g/mol. The van der Waals surface area contributed by atoms with Crippen LogP contribution in [0.25, 0.3) is 10.9 Å². The molecule has 1 spiro atoms. The molecule has 2 amide bonds. The summed E-state index contributed by atoms with van der Waals surface area (Å²) in [5, 5.41) is 2.64. The number of rotatable bonds is 3. The molecule has 6 nitrogen and oxygen atoms in total. The molecule has 3 heterocycles. The van der Waals surface area contributed by atoms with E-state index in [1.165, 1.54) is 25.1 Å². The molecule has 2 N–H and O–H groups in total. The van der Waals surface area contributed by atoms with Crippen LogP contribution in [0.4, 0.5) is 4.39 Å². The lowest BCUT2D eigenvalue weighted by atomic mass is 9.93. The number of H-pyrrole nitrogens is 1. The molecule has 1 atom stereocenters. The number of halogens is 2. The minimum absolute atomic E-state index is 0.0825. The van der Waals surface area contributed by atoms with Crippen LogP contribution in [0.5, 0.6) is 0 Å². The van der Waals surface area contributed by atoms with E-state index in [2.05, 4.69) is 15.3 Å². The Kier molecular flexibility index (Phi) is 4.14. The number of nitrogens with zero attached hydrogens (tertiary/aromatic N) is 2. The van der Waals surface area contributed by atoms with Gasteiger partial charge in [0.15, 0.2) is 11.0 Å². The lowest BCUT2D eigenvalue weighted by Gasteiger charge is -2.33. The Balaban J connectivity index is 1.42. The van der Waals surface area contributed by atoms with Crippen molar-refractivity contribution in [3.05, 3.63) is 28.9 Å². The molecule has 0 bridgehead atoms. The van der Waals surface area contributed by atoms with Crippen LogP contribution in [0.15, 0.2) is 12.3 Å². The number of carbonyl (C=O) groups excluding carboxylic acids is 2. The highest BCUT2D eigenvalue weighted by Gasteiger charge is 2.45. The number of carbonyl (C=O) groups is 2. The molecule has 2 fully saturated rings. The normalized spacial score (nSPS) is 19.6. The molecule has 1 saturated carbocycles. The van der Waals surface area contributed by atoms with E-state index >= 15 is 0 Å². The van der Waals surface area contributed by atoms with E-state index in [0.29, 0.717) is 10.9 Å². The van der Waals surface area contributed by atoms with Gasteiger partial charge in [0.1, 0.15) is 11.7 Å². The van der Waals surface area contributed by atoms with E-state index in [4.69, 9.17) is 11.6 Å². The van der Waals surface area contributed by atoms with Crippen LogP contribution in [0.3, 0.4) is 0 Å². The number of hydrogen-bond acceptors (Lipinski definition) is 3. The van der Waals surface area contributed by atoms with Gasteiger partial charge in [0.2, 0.25) is 5.91 Å². The molecule has 2 aromatic heterocycles. The van der Waals surface area contributed by atoms with Crippen LogP contribution < -0.4 is 5.32 Å². The third-order valence-corrected chi connectivity index (χ3v) is 5.89. The smallest absolute Gasteiger partial charge is 0.268 e. The number of nitrogens with one attached hydrogen (secondary N) is 2. The van der Waals surface area contributed by atoms with Gasteiger partial charge in [0.05, 0.1) is 11.7 Å². The molecule has 8 heteroatoms. The second-order valence-corrected chi connectivity index (χ2v) is 7.75. The Hall–Kier alpha value is -2.15. The van der Waals surface area contributed by atoms with E-state index in [1.807, 2.05) is 4.90 Å². The molecule has 0 aromatic carbocycles. The average Bonchev–Trinajstić information content (AvgIpc) is 3.23. The highest BCUT2D eigenvalue weighted by atomic mass is 35.5. The van der Waals surface area contributed by atoms with Gasteiger partial charge < -0.3 is 15.2 Å². The van der Waals surface area contributed by atoms with Crippen molar-refractivity contribution in [3.8, 4) is 0 Å². The SMILES string of the molecule is C[C@H](NC(=O)c1cc2c(F)c(Cl)ncc2[nH]1)C(=O)N1CCC2(CC1)CC2. The maximum atomic E-state index is 14.0. The summed E-state index contributed by atoms with van der Waals surface area (Å²) in [5.41, 5.74) is 1.03. The molecule has 138 valence electrons. The third-order valence-electron chi connectivity index (χ3n) is 5.63. The Bertz CT molecular complexity index is 883. The van der Waals surface area contributed by atoms with E-state index in [0.717, 1.165) is 25.9 Å². The molecule has 1 aliphatic heterocycles. The van der Waals surface area contributed by atoms with Crippen LogP contribution in [0, 0.1) is 11.2 Å². The predicted octanol–water partition coefficient (Wildman–Crippen LogP) is 2.88. The first-order valence-electron chi connectivity index (χ1n) is 8.81. The molecular weight excluding hydrogens is 359 g/mol. The van der Waals surface area contributed by atoms with Gasteiger partial charge in [-0.15, -0.1) is 0 Å². The number of aromatic amines is 1. The summed E-state index contributed by atoms with van der Waals surface area (Å²) < 4.78 is 14.0. The quantitative estimate of drug-likeness (QED) is 0.806. The van der Waals surface area contributed by atoms with Crippen LogP contribution in [-0.2, 0) is 4.79 Å². The summed E-state index contributed by atoms with van der Waals surface area (Å²) in [6.07, 6.45) is 6.02. The molecule has 26 heavy (non-hydrogen) atoms. The van der Waals surface area contributed by atoms with Crippen molar-refractivity contribution in [2.75, 3.05) is 13.1 Å². The first kappa shape index (κ1) is 17.3. The summed E-state index contributed by atoms with van der Waals surface area (Å²) in [7, 11) is 0. The molecule has 4 rings (SSSR count). The molecule has 0 radical (unpaired) electrons. The van der Waals surface area contributed by atoms with E-state index in [9.17, 15) is 14.0 Å². The molecule has 1 saturated heterocycles. The highest BCUT2D eigenvalue weighted by Crippen LogP contribution is 2.53. The van der Waals surface area contributed by atoms with Crippen LogP contribution in [-0.4, -0.2) is 45.8 Å². The average molecular weight is 379 g/mol. The number of hydrogen-bond donors (Lipinski definition) is 2. The largest absolute Gasteiger partial charge is 0.349 e. The number of aromatic nitrogens is 2. The lowest BCUT2D eigenvalue weighted by Crippen LogP contribution is -2.49. The van der Waals surface area contributed by atoms with E-state index in [1.54, 1.807) is 6.92 Å². The summed E-state index contributed by atoms with van der Waals surface area (Å²) in [5.74, 6) is -1.22. The number of likely N-dealkylation sites (tertiary alicyclic amines) is 1. The first-order valence-corrected chi connectivity index (χ1v) is 9.19. The first-order chi connectivity index (χ1) is 12.4. The van der Waals surface area contributed by atoms with Gasteiger partial charge in [-0.3, -0.25) is 9.59 Å². The molecular formula is C18H20ClFN4O2. The Morgan fingerprint density at radius 1 is 1.35 bits per heavy atom. The fraction of sp³-hybridized carbons (Fsp3) is 0.500. The van der Waals surface area contributed by atoms with E-state index < -0.39 is 17.8 Å². The molecule has 2 aliphatic rings. The number of amides is 2. The van der Waals surface area contributed by atoms with Gasteiger partial charge in [-0.25, -0.2) is 9.37 Å². The second kappa shape index (κ2) is 6.23. The topological polar surface area (TPSA) is 78.1 Å². The van der Waals surface area contributed by atoms with Crippen LogP contribution in [0.1, 0.15) is 43.1 Å². The molecule has 2 aromatic rings. The van der Waals surface area contributed by atoms with Crippen molar-refractivity contribution in [1.82, 2.24) is 20.2 Å². The Labute approximate surface area is 155 Å². The number of fused-ring (bicyclic) bond motifs is 1.